The summed E-state index contributed by atoms with van der Waals surface area (Å²) in [5, 5.41) is 6.26. The summed E-state index contributed by atoms with van der Waals surface area (Å²) in [5.41, 5.74) is 4.43. The molecule has 0 aliphatic carbocycles. The van der Waals surface area contributed by atoms with E-state index in [1.165, 1.54) is 16.2 Å². The Morgan fingerprint density at radius 2 is 2.00 bits per heavy atom. The summed E-state index contributed by atoms with van der Waals surface area (Å²) in [6.07, 6.45) is 5.48. The van der Waals surface area contributed by atoms with Crippen LogP contribution in [0.1, 0.15) is 11.1 Å². The Bertz CT molecular complexity index is 1420. The Balaban J connectivity index is 1.28. The molecule has 1 aliphatic rings. The molecule has 2 amide bonds. The molecule has 2 aromatic heterocycles. The molecule has 2 N–H and O–H groups in total. The first kappa shape index (κ1) is 21.7. The monoisotopic (exact) mass is 474 g/mol. The van der Waals surface area contributed by atoms with Gasteiger partial charge >= 0.3 is 0 Å². The van der Waals surface area contributed by atoms with E-state index in [1.54, 1.807) is 32.6 Å². The van der Waals surface area contributed by atoms with Crippen molar-refractivity contribution in [1.29, 1.82) is 0 Å². The summed E-state index contributed by atoms with van der Waals surface area (Å²) in [6, 6.07) is 11.6. The van der Waals surface area contributed by atoms with Gasteiger partial charge in [-0.05, 0) is 35.4 Å². The van der Waals surface area contributed by atoms with Crippen molar-refractivity contribution in [2.24, 2.45) is 0 Å². The van der Waals surface area contributed by atoms with Gasteiger partial charge in [-0.15, -0.1) is 11.3 Å². The molecular weight excluding hydrogens is 452 g/mol. The van der Waals surface area contributed by atoms with Crippen molar-refractivity contribution in [2.45, 2.75) is 6.42 Å². The molecule has 0 atom stereocenters. The number of ether oxygens (including phenoxy) is 2. The van der Waals surface area contributed by atoms with Gasteiger partial charge in [-0.2, -0.15) is 0 Å². The van der Waals surface area contributed by atoms with E-state index < -0.39 is 0 Å². The van der Waals surface area contributed by atoms with Crippen LogP contribution in [-0.4, -0.2) is 47.4 Å². The average molecular weight is 475 g/mol. The minimum absolute atomic E-state index is 0.112. The Morgan fingerprint density at radius 3 is 2.82 bits per heavy atom. The van der Waals surface area contributed by atoms with Gasteiger partial charge < -0.3 is 24.7 Å². The quantitative estimate of drug-likeness (QED) is 0.434. The standard InChI is InChI=1S/C25H22N4O4S/c1-32-21-9-15-7-8-29(24(31)11-16(15)10-22(21)33-2)13-23(30)28-25-27-20(14-34-25)18-12-26-19-6-4-3-5-17(18)19/h3-10,12,14,26H,11,13H2,1-2H3,(H,27,28,30). The highest BCUT2D eigenvalue weighted by Crippen LogP contribution is 2.33. The fourth-order valence-electron chi connectivity index (χ4n) is 3.96. The largest absolute Gasteiger partial charge is 0.493 e. The minimum atomic E-state index is -0.320. The molecule has 34 heavy (non-hydrogen) atoms. The molecule has 2 aromatic carbocycles. The van der Waals surface area contributed by atoms with Gasteiger partial charge in [0.2, 0.25) is 11.8 Å². The third-order valence-corrected chi connectivity index (χ3v) is 6.43. The van der Waals surface area contributed by atoms with Crippen molar-refractivity contribution in [3.63, 3.8) is 0 Å². The van der Waals surface area contributed by atoms with E-state index >= 15 is 0 Å². The van der Waals surface area contributed by atoms with Crippen molar-refractivity contribution in [3.05, 3.63) is 65.3 Å². The van der Waals surface area contributed by atoms with Gasteiger partial charge in [-0.1, -0.05) is 18.2 Å². The van der Waals surface area contributed by atoms with Crippen LogP contribution < -0.4 is 14.8 Å². The maximum Gasteiger partial charge on any atom is 0.246 e. The van der Waals surface area contributed by atoms with Crippen LogP contribution in [0, 0.1) is 0 Å². The van der Waals surface area contributed by atoms with Crippen LogP contribution in [0.5, 0.6) is 11.5 Å². The summed E-state index contributed by atoms with van der Waals surface area (Å²) >= 11 is 1.34. The molecule has 0 fully saturated rings. The highest BCUT2D eigenvalue weighted by atomic mass is 32.1. The first-order chi connectivity index (χ1) is 16.6. The van der Waals surface area contributed by atoms with E-state index in [2.05, 4.69) is 15.3 Å². The Morgan fingerprint density at radius 1 is 1.21 bits per heavy atom. The summed E-state index contributed by atoms with van der Waals surface area (Å²) in [6.45, 7) is -0.112. The number of nitrogens with zero attached hydrogens (tertiary/aromatic N) is 2. The van der Waals surface area contributed by atoms with E-state index in [0.717, 1.165) is 33.3 Å². The smallest absolute Gasteiger partial charge is 0.246 e. The first-order valence-electron chi connectivity index (χ1n) is 10.6. The topological polar surface area (TPSA) is 96.6 Å². The number of rotatable bonds is 6. The molecule has 0 saturated carbocycles. The molecule has 1 aliphatic heterocycles. The van der Waals surface area contributed by atoms with E-state index in [0.29, 0.717) is 16.6 Å². The third-order valence-electron chi connectivity index (χ3n) is 5.67. The number of carbonyl (C=O) groups excluding carboxylic acids is 2. The maximum atomic E-state index is 12.8. The Kier molecular flexibility index (Phi) is 5.77. The summed E-state index contributed by atoms with van der Waals surface area (Å²) < 4.78 is 10.7. The predicted octanol–water partition coefficient (Wildman–Crippen LogP) is 4.30. The second kappa shape index (κ2) is 9.03. The van der Waals surface area contributed by atoms with Crippen molar-refractivity contribution < 1.29 is 19.1 Å². The van der Waals surface area contributed by atoms with Gasteiger partial charge in [0.1, 0.15) is 6.54 Å². The van der Waals surface area contributed by atoms with Crippen molar-refractivity contribution in [2.75, 3.05) is 26.1 Å². The van der Waals surface area contributed by atoms with Crippen LogP contribution in [0.2, 0.25) is 0 Å². The number of aromatic nitrogens is 2. The van der Waals surface area contributed by atoms with E-state index in [9.17, 15) is 9.59 Å². The molecule has 0 spiro atoms. The van der Waals surface area contributed by atoms with Crippen LogP contribution >= 0.6 is 11.3 Å². The lowest BCUT2D eigenvalue weighted by molar-refractivity contribution is -0.131. The average Bonchev–Trinajstić information content (AvgIpc) is 3.45. The number of anilines is 1. The van der Waals surface area contributed by atoms with Crippen molar-refractivity contribution >= 4 is 45.3 Å². The van der Waals surface area contributed by atoms with E-state index in [1.807, 2.05) is 41.9 Å². The number of amides is 2. The summed E-state index contributed by atoms with van der Waals surface area (Å²) in [7, 11) is 3.12. The third kappa shape index (κ3) is 4.13. The maximum absolute atomic E-state index is 12.8. The van der Waals surface area contributed by atoms with Crippen molar-refractivity contribution in [3.8, 4) is 22.8 Å². The number of fused-ring (bicyclic) bond motifs is 2. The highest BCUT2D eigenvalue weighted by molar-refractivity contribution is 7.14. The lowest BCUT2D eigenvalue weighted by Gasteiger charge is -2.16. The van der Waals surface area contributed by atoms with Gasteiger partial charge in [0.05, 0.1) is 26.3 Å². The number of benzene rings is 2. The fraction of sp³-hybridized carbons (Fsp3) is 0.160. The Hall–Kier alpha value is -4.11. The first-order valence-corrected chi connectivity index (χ1v) is 11.5. The number of hydrogen-bond donors (Lipinski definition) is 2. The molecule has 0 saturated heterocycles. The molecule has 5 rings (SSSR count). The molecule has 172 valence electrons. The van der Waals surface area contributed by atoms with Crippen LogP contribution in [0.4, 0.5) is 5.13 Å². The zero-order valence-electron chi connectivity index (χ0n) is 18.6. The number of methoxy groups -OCH3 is 2. The molecule has 8 nitrogen and oxygen atoms in total. The van der Waals surface area contributed by atoms with Crippen LogP contribution in [-0.2, 0) is 16.0 Å². The van der Waals surface area contributed by atoms with Gasteiger partial charge in [0, 0.05) is 34.2 Å². The number of thiazole rings is 1. The number of hydrogen-bond acceptors (Lipinski definition) is 6. The van der Waals surface area contributed by atoms with Gasteiger partial charge in [0.15, 0.2) is 16.6 Å². The number of aromatic amines is 1. The number of para-hydroxylation sites is 1. The van der Waals surface area contributed by atoms with Gasteiger partial charge in [0.25, 0.3) is 0 Å². The molecule has 0 bridgehead atoms. The number of nitrogens with one attached hydrogen (secondary N) is 2. The van der Waals surface area contributed by atoms with Crippen LogP contribution in [0.3, 0.4) is 0 Å². The van der Waals surface area contributed by atoms with Gasteiger partial charge in [-0.25, -0.2) is 4.98 Å². The molecule has 9 heteroatoms. The van der Waals surface area contributed by atoms with Crippen LogP contribution in [0.15, 0.2) is 54.2 Å². The molecule has 4 aromatic rings. The summed E-state index contributed by atoms with van der Waals surface area (Å²) in [4.78, 5) is 34.7. The lowest BCUT2D eigenvalue weighted by Crippen LogP contribution is -2.34. The zero-order valence-corrected chi connectivity index (χ0v) is 19.4. The zero-order chi connectivity index (χ0) is 23.7. The number of H-pyrrole nitrogens is 1. The second-order valence-electron chi connectivity index (χ2n) is 7.75. The van der Waals surface area contributed by atoms with Crippen molar-refractivity contribution in [1.82, 2.24) is 14.9 Å². The lowest BCUT2D eigenvalue weighted by atomic mass is 10.0. The SMILES string of the molecule is COc1cc2c(cc1OC)CC(=O)N(CC(=O)Nc1nc(-c3c[nH]c4ccccc34)cs1)C=C2. The van der Waals surface area contributed by atoms with E-state index in [-0.39, 0.29) is 24.8 Å². The Labute approximate surface area is 199 Å². The molecule has 0 unspecified atom stereocenters. The fourth-order valence-corrected chi connectivity index (χ4v) is 4.68. The van der Waals surface area contributed by atoms with Crippen LogP contribution in [0.25, 0.3) is 28.2 Å². The molecule has 0 radical (unpaired) electrons. The second-order valence-corrected chi connectivity index (χ2v) is 8.61. The summed E-state index contributed by atoms with van der Waals surface area (Å²) in [5.74, 6) is 0.637. The molecule has 3 heterocycles. The van der Waals surface area contributed by atoms with Gasteiger partial charge in [-0.3, -0.25) is 9.59 Å². The molecular formula is C25H22N4O4S. The minimum Gasteiger partial charge on any atom is -0.493 e. The number of carbonyl (C=O) groups is 2. The predicted molar refractivity (Wildman–Crippen MR) is 132 cm³/mol. The highest BCUT2D eigenvalue weighted by Gasteiger charge is 2.22. The van der Waals surface area contributed by atoms with E-state index in [4.69, 9.17) is 9.47 Å². The normalized spacial score (nSPS) is 13.0.